The Labute approximate surface area is 147 Å². The SMILES string of the molecule is COc1ccc(C2C(=O)CCc3c2cc(OC)c(OC)c3OC)cc1. The Morgan fingerprint density at radius 3 is 2.08 bits per heavy atom. The fraction of sp³-hybridized carbons (Fsp3) is 0.350. The van der Waals surface area contributed by atoms with Crippen LogP contribution in [0.4, 0.5) is 0 Å². The second-order valence-corrected chi connectivity index (χ2v) is 5.89. The van der Waals surface area contributed by atoms with Crippen LogP contribution in [-0.2, 0) is 11.2 Å². The highest BCUT2D eigenvalue weighted by Crippen LogP contribution is 2.48. The maximum Gasteiger partial charge on any atom is 0.203 e. The number of benzene rings is 2. The normalized spacial score (nSPS) is 16.2. The molecule has 132 valence electrons. The fourth-order valence-electron chi connectivity index (χ4n) is 3.48. The summed E-state index contributed by atoms with van der Waals surface area (Å²) in [6.45, 7) is 0. The molecular weight excluding hydrogens is 320 g/mol. The average Bonchev–Trinajstić information content (AvgIpc) is 2.66. The Balaban J connectivity index is 2.18. The largest absolute Gasteiger partial charge is 0.497 e. The minimum atomic E-state index is -0.344. The second-order valence-electron chi connectivity index (χ2n) is 5.89. The summed E-state index contributed by atoms with van der Waals surface area (Å²) in [4.78, 5) is 12.7. The molecule has 0 N–H and O–H groups in total. The van der Waals surface area contributed by atoms with E-state index in [-0.39, 0.29) is 11.7 Å². The molecule has 1 atom stereocenters. The lowest BCUT2D eigenvalue weighted by Gasteiger charge is -2.28. The van der Waals surface area contributed by atoms with Crippen LogP contribution in [-0.4, -0.2) is 34.2 Å². The zero-order valence-electron chi connectivity index (χ0n) is 14.9. The molecule has 0 radical (unpaired) electrons. The van der Waals surface area contributed by atoms with E-state index in [4.69, 9.17) is 18.9 Å². The van der Waals surface area contributed by atoms with E-state index in [9.17, 15) is 4.79 Å². The summed E-state index contributed by atoms with van der Waals surface area (Å²) in [5.74, 6) is 2.37. The number of hydrogen-bond acceptors (Lipinski definition) is 5. The minimum Gasteiger partial charge on any atom is -0.497 e. The molecule has 0 amide bonds. The Bertz CT molecular complexity index is 780. The number of carbonyl (C=O) groups excluding carboxylic acids is 1. The van der Waals surface area contributed by atoms with Crippen molar-refractivity contribution in [1.82, 2.24) is 0 Å². The molecule has 0 heterocycles. The number of ketones is 1. The molecule has 25 heavy (non-hydrogen) atoms. The first kappa shape index (κ1) is 17.1. The average molecular weight is 342 g/mol. The topological polar surface area (TPSA) is 54.0 Å². The molecule has 1 unspecified atom stereocenters. The molecule has 0 saturated carbocycles. The van der Waals surface area contributed by atoms with Crippen molar-refractivity contribution in [2.24, 2.45) is 0 Å². The van der Waals surface area contributed by atoms with Crippen molar-refractivity contribution in [2.75, 3.05) is 28.4 Å². The molecule has 0 saturated heterocycles. The lowest BCUT2D eigenvalue weighted by molar-refractivity contribution is -0.120. The third-order valence-corrected chi connectivity index (χ3v) is 4.67. The summed E-state index contributed by atoms with van der Waals surface area (Å²) in [6.07, 6.45) is 1.10. The van der Waals surface area contributed by atoms with Gasteiger partial charge in [-0.25, -0.2) is 0 Å². The van der Waals surface area contributed by atoms with Crippen molar-refractivity contribution in [3.05, 3.63) is 47.0 Å². The predicted octanol–water partition coefficient (Wildman–Crippen LogP) is 3.37. The van der Waals surface area contributed by atoms with Gasteiger partial charge in [0.25, 0.3) is 0 Å². The van der Waals surface area contributed by atoms with E-state index in [1.54, 1.807) is 28.4 Å². The number of carbonyl (C=O) groups is 1. The molecule has 0 fully saturated rings. The van der Waals surface area contributed by atoms with E-state index in [0.29, 0.717) is 30.1 Å². The lowest BCUT2D eigenvalue weighted by atomic mass is 9.77. The van der Waals surface area contributed by atoms with E-state index in [0.717, 1.165) is 22.4 Å². The van der Waals surface area contributed by atoms with Gasteiger partial charge in [0.2, 0.25) is 5.75 Å². The number of hydrogen-bond donors (Lipinski definition) is 0. The van der Waals surface area contributed by atoms with Gasteiger partial charge in [0.15, 0.2) is 11.5 Å². The number of Topliss-reactive ketones (excluding diaryl/α,β-unsaturated/α-hetero) is 1. The molecule has 1 aliphatic rings. The first-order valence-corrected chi connectivity index (χ1v) is 8.13. The lowest BCUT2D eigenvalue weighted by Crippen LogP contribution is -2.22. The molecular formula is C20H22O5. The van der Waals surface area contributed by atoms with Crippen LogP contribution in [0.25, 0.3) is 0 Å². The molecule has 2 aromatic carbocycles. The van der Waals surface area contributed by atoms with Gasteiger partial charge < -0.3 is 18.9 Å². The standard InChI is InChI=1S/C20H22O5/c1-22-13-7-5-12(6-8-13)18-15-11-17(23-2)20(25-4)19(24-3)14(15)9-10-16(18)21/h5-8,11,18H,9-10H2,1-4H3. The molecule has 0 aromatic heterocycles. The maximum absolute atomic E-state index is 12.7. The Kier molecular flexibility index (Phi) is 4.83. The highest BCUT2D eigenvalue weighted by atomic mass is 16.5. The first-order chi connectivity index (χ1) is 12.1. The van der Waals surface area contributed by atoms with Crippen LogP contribution in [0, 0.1) is 0 Å². The molecule has 3 rings (SSSR count). The van der Waals surface area contributed by atoms with Gasteiger partial charge in [-0.15, -0.1) is 0 Å². The van der Waals surface area contributed by atoms with E-state index in [1.807, 2.05) is 30.3 Å². The van der Waals surface area contributed by atoms with Gasteiger partial charge in [0.05, 0.1) is 34.4 Å². The van der Waals surface area contributed by atoms with Crippen LogP contribution < -0.4 is 18.9 Å². The molecule has 2 aromatic rings. The summed E-state index contributed by atoms with van der Waals surface area (Å²) in [5.41, 5.74) is 2.84. The van der Waals surface area contributed by atoms with Gasteiger partial charge in [-0.05, 0) is 35.7 Å². The molecule has 5 heteroatoms. The van der Waals surface area contributed by atoms with Crippen LogP contribution >= 0.6 is 0 Å². The van der Waals surface area contributed by atoms with Crippen molar-refractivity contribution >= 4 is 5.78 Å². The predicted molar refractivity (Wildman–Crippen MR) is 94.3 cm³/mol. The van der Waals surface area contributed by atoms with E-state index in [2.05, 4.69) is 0 Å². The Hall–Kier alpha value is -2.69. The van der Waals surface area contributed by atoms with Crippen molar-refractivity contribution in [1.29, 1.82) is 0 Å². The van der Waals surface area contributed by atoms with Crippen molar-refractivity contribution in [3.63, 3.8) is 0 Å². The summed E-state index contributed by atoms with van der Waals surface area (Å²) in [7, 11) is 6.40. The van der Waals surface area contributed by atoms with Crippen molar-refractivity contribution < 1.29 is 23.7 Å². The first-order valence-electron chi connectivity index (χ1n) is 8.13. The third kappa shape index (κ3) is 2.90. The van der Waals surface area contributed by atoms with Gasteiger partial charge in [-0.2, -0.15) is 0 Å². The molecule has 0 spiro atoms. The minimum absolute atomic E-state index is 0.187. The van der Waals surface area contributed by atoms with Gasteiger partial charge in [0.1, 0.15) is 11.5 Å². The van der Waals surface area contributed by atoms with Crippen LogP contribution in [0.15, 0.2) is 30.3 Å². The molecule has 5 nitrogen and oxygen atoms in total. The zero-order valence-corrected chi connectivity index (χ0v) is 14.9. The molecule has 0 bridgehead atoms. The Morgan fingerprint density at radius 1 is 0.840 bits per heavy atom. The summed E-state index contributed by atoms with van der Waals surface area (Å²) in [6, 6.07) is 9.49. The highest BCUT2D eigenvalue weighted by Gasteiger charge is 2.33. The molecule has 0 aliphatic heterocycles. The maximum atomic E-state index is 12.7. The fourth-order valence-corrected chi connectivity index (χ4v) is 3.48. The van der Waals surface area contributed by atoms with E-state index in [1.165, 1.54) is 0 Å². The molecule has 1 aliphatic carbocycles. The number of rotatable bonds is 5. The van der Waals surface area contributed by atoms with Crippen LogP contribution in [0.5, 0.6) is 23.0 Å². The number of ether oxygens (including phenoxy) is 4. The summed E-state index contributed by atoms with van der Waals surface area (Å²) >= 11 is 0. The highest BCUT2D eigenvalue weighted by molar-refractivity contribution is 5.92. The van der Waals surface area contributed by atoms with E-state index < -0.39 is 0 Å². The third-order valence-electron chi connectivity index (χ3n) is 4.67. The number of fused-ring (bicyclic) bond motifs is 1. The van der Waals surface area contributed by atoms with Gasteiger partial charge in [-0.1, -0.05) is 12.1 Å². The summed E-state index contributed by atoms with van der Waals surface area (Å²) < 4.78 is 21.7. The van der Waals surface area contributed by atoms with Gasteiger partial charge in [-0.3, -0.25) is 4.79 Å². The van der Waals surface area contributed by atoms with Crippen LogP contribution in [0.3, 0.4) is 0 Å². The quantitative estimate of drug-likeness (QED) is 0.834. The van der Waals surface area contributed by atoms with Gasteiger partial charge >= 0.3 is 0 Å². The van der Waals surface area contributed by atoms with Crippen LogP contribution in [0.1, 0.15) is 29.0 Å². The van der Waals surface area contributed by atoms with Crippen molar-refractivity contribution in [3.8, 4) is 23.0 Å². The summed E-state index contributed by atoms with van der Waals surface area (Å²) in [5, 5.41) is 0. The van der Waals surface area contributed by atoms with E-state index >= 15 is 0 Å². The second kappa shape index (κ2) is 7.05. The Morgan fingerprint density at radius 2 is 1.52 bits per heavy atom. The zero-order chi connectivity index (χ0) is 18.0. The van der Waals surface area contributed by atoms with Crippen LogP contribution in [0.2, 0.25) is 0 Å². The number of methoxy groups -OCH3 is 4. The smallest absolute Gasteiger partial charge is 0.203 e. The van der Waals surface area contributed by atoms with Crippen molar-refractivity contribution in [2.45, 2.75) is 18.8 Å². The van der Waals surface area contributed by atoms with Gasteiger partial charge in [0, 0.05) is 12.0 Å². The monoisotopic (exact) mass is 342 g/mol.